The molecule has 0 saturated carbocycles. The van der Waals surface area contributed by atoms with Crippen LogP contribution in [0.4, 0.5) is 5.69 Å². The number of hydrogen-bond donors (Lipinski definition) is 1. The lowest BCUT2D eigenvalue weighted by atomic mass is 10.2. The van der Waals surface area contributed by atoms with Crippen molar-refractivity contribution in [1.82, 2.24) is 25.0 Å². The van der Waals surface area contributed by atoms with E-state index in [-0.39, 0.29) is 17.7 Å². The Morgan fingerprint density at radius 1 is 1.24 bits per heavy atom. The van der Waals surface area contributed by atoms with Gasteiger partial charge in [0.05, 0.1) is 23.8 Å². The number of halogens is 1. The van der Waals surface area contributed by atoms with E-state index in [9.17, 15) is 4.79 Å². The molecule has 3 heterocycles. The molecule has 0 aliphatic carbocycles. The lowest BCUT2D eigenvalue weighted by Crippen LogP contribution is -2.14. The molecule has 1 N–H and O–H groups in total. The number of hydrogen-bond acceptors (Lipinski definition) is 7. The molecule has 0 saturated heterocycles. The molecule has 3 aromatic heterocycles. The molecule has 0 atom stereocenters. The summed E-state index contributed by atoms with van der Waals surface area (Å²) < 4.78 is 7.43. The molecule has 4 aromatic rings. The first-order valence-electron chi connectivity index (χ1n) is 8.85. The van der Waals surface area contributed by atoms with Gasteiger partial charge in [0.15, 0.2) is 5.65 Å². The van der Waals surface area contributed by atoms with Gasteiger partial charge in [-0.3, -0.25) is 4.79 Å². The Hall–Kier alpha value is -2.91. The van der Waals surface area contributed by atoms with Crippen molar-refractivity contribution in [3.8, 4) is 11.5 Å². The van der Waals surface area contributed by atoms with E-state index in [1.165, 1.54) is 0 Å². The Morgan fingerprint density at radius 2 is 2.03 bits per heavy atom. The molecule has 1 amide bonds. The summed E-state index contributed by atoms with van der Waals surface area (Å²) in [5, 5.41) is 16.9. The van der Waals surface area contributed by atoms with Crippen LogP contribution in [0.25, 0.3) is 22.5 Å². The Morgan fingerprint density at radius 3 is 2.79 bits per heavy atom. The molecule has 0 fully saturated rings. The monoisotopic (exact) mass is 428 g/mol. The van der Waals surface area contributed by atoms with Crippen LogP contribution in [-0.4, -0.2) is 36.6 Å². The smallest absolute Gasteiger partial charge is 0.277 e. The van der Waals surface area contributed by atoms with Gasteiger partial charge in [0, 0.05) is 22.0 Å². The number of nitrogens with one attached hydrogen (secondary N) is 1. The normalized spacial score (nSPS) is 11.3. The summed E-state index contributed by atoms with van der Waals surface area (Å²) in [6.45, 7) is 4.08. The number of rotatable bonds is 6. The van der Waals surface area contributed by atoms with Crippen LogP contribution in [0.1, 0.15) is 19.9 Å². The van der Waals surface area contributed by atoms with Crippen LogP contribution in [0.5, 0.6) is 0 Å². The summed E-state index contributed by atoms with van der Waals surface area (Å²) in [7, 11) is 0. The standard InChI is InChI=1S/C19H17ClN6O2S/c1-11(2)26-17-13(8-22-26)7-15(9-21-17)23-16(27)10-29-19-25-24-18(28-19)12-3-5-14(20)6-4-12/h3-9,11H,10H2,1-2H3,(H,23,27). The minimum atomic E-state index is -0.196. The van der Waals surface area contributed by atoms with Gasteiger partial charge in [-0.1, -0.05) is 23.4 Å². The van der Waals surface area contributed by atoms with Gasteiger partial charge in [-0.05, 0) is 44.2 Å². The van der Waals surface area contributed by atoms with Crippen molar-refractivity contribution in [2.75, 3.05) is 11.1 Å². The highest BCUT2D eigenvalue weighted by molar-refractivity contribution is 7.99. The zero-order chi connectivity index (χ0) is 20.4. The van der Waals surface area contributed by atoms with E-state index in [2.05, 4.69) is 25.6 Å². The summed E-state index contributed by atoms with van der Waals surface area (Å²) in [6.07, 6.45) is 3.36. The van der Waals surface area contributed by atoms with Crippen LogP contribution in [-0.2, 0) is 4.79 Å². The molecule has 29 heavy (non-hydrogen) atoms. The van der Waals surface area contributed by atoms with Crippen molar-refractivity contribution in [3.63, 3.8) is 0 Å². The fourth-order valence-electron chi connectivity index (χ4n) is 2.69. The van der Waals surface area contributed by atoms with E-state index in [1.54, 1.807) is 36.7 Å². The maximum absolute atomic E-state index is 12.3. The minimum Gasteiger partial charge on any atom is -0.411 e. The molecule has 0 bridgehead atoms. The molecule has 0 aliphatic heterocycles. The number of carbonyl (C=O) groups is 1. The Balaban J connectivity index is 1.37. The first-order chi connectivity index (χ1) is 14.0. The molecule has 4 rings (SSSR count). The number of benzene rings is 1. The van der Waals surface area contributed by atoms with Crippen LogP contribution in [0.2, 0.25) is 5.02 Å². The van der Waals surface area contributed by atoms with Gasteiger partial charge in [0.25, 0.3) is 5.22 Å². The first kappa shape index (κ1) is 19.4. The predicted molar refractivity (Wildman–Crippen MR) is 112 cm³/mol. The molecule has 148 valence electrons. The topological polar surface area (TPSA) is 98.7 Å². The highest BCUT2D eigenvalue weighted by Gasteiger charge is 2.13. The van der Waals surface area contributed by atoms with Crippen molar-refractivity contribution in [3.05, 3.63) is 47.7 Å². The number of carbonyl (C=O) groups excluding carboxylic acids is 1. The van der Waals surface area contributed by atoms with E-state index >= 15 is 0 Å². The van der Waals surface area contributed by atoms with Crippen LogP contribution in [0.3, 0.4) is 0 Å². The number of thioether (sulfide) groups is 1. The van der Waals surface area contributed by atoms with Gasteiger partial charge in [0.2, 0.25) is 11.8 Å². The fraction of sp³-hybridized carbons (Fsp3) is 0.211. The van der Waals surface area contributed by atoms with E-state index < -0.39 is 0 Å². The molecular formula is C19H17ClN6O2S. The number of nitrogens with zero attached hydrogens (tertiary/aromatic N) is 5. The predicted octanol–water partition coefficient (Wildman–Crippen LogP) is 4.45. The highest BCUT2D eigenvalue weighted by atomic mass is 35.5. The molecule has 0 aliphatic rings. The maximum atomic E-state index is 12.3. The minimum absolute atomic E-state index is 0.131. The van der Waals surface area contributed by atoms with E-state index in [1.807, 2.05) is 24.6 Å². The lowest BCUT2D eigenvalue weighted by Gasteiger charge is -2.07. The van der Waals surface area contributed by atoms with E-state index in [4.69, 9.17) is 16.0 Å². The van der Waals surface area contributed by atoms with Gasteiger partial charge in [-0.25, -0.2) is 9.67 Å². The quantitative estimate of drug-likeness (QED) is 0.453. The Kier molecular flexibility index (Phi) is 5.50. The molecule has 0 radical (unpaired) electrons. The Labute approximate surface area is 175 Å². The van der Waals surface area contributed by atoms with Crippen molar-refractivity contribution >= 4 is 46.0 Å². The summed E-state index contributed by atoms with van der Waals surface area (Å²) in [6, 6.07) is 9.14. The van der Waals surface area contributed by atoms with Crippen LogP contribution >= 0.6 is 23.4 Å². The largest absolute Gasteiger partial charge is 0.411 e. The van der Waals surface area contributed by atoms with Crippen molar-refractivity contribution in [2.24, 2.45) is 0 Å². The molecule has 10 heteroatoms. The number of amides is 1. The number of anilines is 1. The molecular weight excluding hydrogens is 412 g/mol. The summed E-state index contributed by atoms with van der Waals surface area (Å²) in [5.41, 5.74) is 2.16. The van der Waals surface area contributed by atoms with Gasteiger partial charge >= 0.3 is 0 Å². The van der Waals surface area contributed by atoms with Gasteiger partial charge < -0.3 is 9.73 Å². The number of pyridine rings is 1. The van der Waals surface area contributed by atoms with Gasteiger partial charge in [0.1, 0.15) is 0 Å². The van der Waals surface area contributed by atoms with Crippen LogP contribution in [0.15, 0.2) is 52.4 Å². The van der Waals surface area contributed by atoms with E-state index in [0.29, 0.717) is 21.8 Å². The molecule has 1 aromatic carbocycles. The average molecular weight is 429 g/mol. The second kappa shape index (κ2) is 8.22. The van der Waals surface area contributed by atoms with Crippen molar-refractivity contribution in [1.29, 1.82) is 0 Å². The van der Waals surface area contributed by atoms with Gasteiger partial charge in [-0.2, -0.15) is 5.10 Å². The van der Waals surface area contributed by atoms with Crippen LogP contribution < -0.4 is 5.32 Å². The number of aromatic nitrogens is 5. The molecule has 0 unspecified atom stereocenters. The second-order valence-electron chi connectivity index (χ2n) is 6.54. The zero-order valence-electron chi connectivity index (χ0n) is 15.7. The number of fused-ring (bicyclic) bond motifs is 1. The second-order valence-corrected chi connectivity index (χ2v) is 7.90. The third kappa shape index (κ3) is 4.41. The summed E-state index contributed by atoms with van der Waals surface area (Å²) in [4.78, 5) is 16.7. The molecule has 0 spiro atoms. The van der Waals surface area contributed by atoms with Crippen molar-refractivity contribution in [2.45, 2.75) is 25.1 Å². The average Bonchev–Trinajstić information content (AvgIpc) is 3.34. The highest BCUT2D eigenvalue weighted by Crippen LogP contribution is 2.25. The SMILES string of the molecule is CC(C)n1ncc2cc(NC(=O)CSc3nnc(-c4ccc(Cl)cc4)o3)cnc21. The van der Waals surface area contributed by atoms with E-state index in [0.717, 1.165) is 28.4 Å². The van der Waals surface area contributed by atoms with Crippen LogP contribution in [0, 0.1) is 0 Å². The van der Waals surface area contributed by atoms with Crippen molar-refractivity contribution < 1.29 is 9.21 Å². The first-order valence-corrected chi connectivity index (χ1v) is 10.2. The van der Waals surface area contributed by atoms with Gasteiger partial charge in [-0.15, -0.1) is 10.2 Å². The maximum Gasteiger partial charge on any atom is 0.277 e. The summed E-state index contributed by atoms with van der Waals surface area (Å²) >= 11 is 7.04. The Bertz CT molecular complexity index is 1160. The zero-order valence-corrected chi connectivity index (χ0v) is 17.2. The third-order valence-corrected chi connectivity index (χ3v) is 5.10. The molecule has 8 nitrogen and oxygen atoms in total. The summed E-state index contributed by atoms with van der Waals surface area (Å²) in [5.74, 6) is 0.311. The third-order valence-electron chi connectivity index (χ3n) is 4.03. The lowest BCUT2D eigenvalue weighted by molar-refractivity contribution is -0.113. The fourth-order valence-corrected chi connectivity index (χ4v) is 3.38.